The number of ether oxygens (including phenoxy) is 3. The Morgan fingerprint density at radius 2 is 2.05 bits per heavy atom. The summed E-state index contributed by atoms with van der Waals surface area (Å²) in [5.74, 6) is -0.731. The van der Waals surface area contributed by atoms with Gasteiger partial charge < -0.3 is 23.7 Å². The van der Waals surface area contributed by atoms with Gasteiger partial charge in [-0.15, -0.1) is 0 Å². The van der Waals surface area contributed by atoms with E-state index in [1.54, 1.807) is 17.6 Å². The molecular formula is C29H29BrN4O6. The van der Waals surface area contributed by atoms with Crippen LogP contribution in [-0.2, 0) is 37.8 Å². The molecule has 40 heavy (non-hydrogen) atoms. The minimum atomic E-state index is -1.80. The number of halogens is 1. The number of benzene rings is 1. The fraction of sp³-hybridized carbons (Fsp3) is 0.414. The normalized spacial score (nSPS) is 18.3. The van der Waals surface area contributed by atoms with E-state index in [1.165, 1.54) is 0 Å². The van der Waals surface area contributed by atoms with E-state index in [2.05, 4.69) is 32.7 Å². The van der Waals surface area contributed by atoms with Crippen molar-refractivity contribution in [2.75, 3.05) is 23.4 Å². The van der Waals surface area contributed by atoms with Gasteiger partial charge in [-0.05, 0) is 31.0 Å². The molecule has 0 saturated carbocycles. The average molecular weight is 609 g/mol. The summed E-state index contributed by atoms with van der Waals surface area (Å²) in [7, 11) is 0. The van der Waals surface area contributed by atoms with E-state index in [0.717, 1.165) is 53.6 Å². The molecule has 2 aromatic heterocycles. The summed E-state index contributed by atoms with van der Waals surface area (Å²) in [6.45, 7) is 4.86. The van der Waals surface area contributed by atoms with Gasteiger partial charge in [-0.1, -0.05) is 48.7 Å². The minimum absolute atomic E-state index is 0.0689. The van der Waals surface area contributed by atoms with Gasteiger partial charge in [0, 0.05) is 23.0 Å². The number of alkyl halides is 1. The predicted molar refractivity (Wildman–Crippen MR) is 154 cm³/mol. The van der Waals surface area contributed by atoms with E-state index in [1.807, 2.05) is 24.5 Å². The second kappa shape index (κ2) is 10.3. The topological polar surface area (TPSA) is 112 Å². The Morgan fingerprint density at radius 3 is 2.83 bits per heavy atom. The number of hydrogen-bond donors (Lipinski definition) is 0. The molecule has 0 fully saturated rings. The van der Waals surface area contributed by atoms with Crippen molar-refractivity contribution in [3.63, 3.8) is 0 Å². The number of anilines is 1. The summed E-state index contributed by atoms with van der Waals surface area (Å²) >= 11 is 3.20. The van der Waals surface area contributed by atoms with Gasteiger partial charge in [-0.3, -0.25) is 4.79 Å². The molecule has 3 aromatic rings. The summed E-state index contributed by atoms with van der Waals surface area (Å²) < 4.78 is 17.8. The van der Waals surface area contributed by atoms with Crippen molar-refractivity contribution in [3.8, 4) is 11.4 Å². The van der Waals surface area contributed by atoms with Crippen LogP contribution >= 0.6 is 15.9 Å². The highest BCUT2D eigenvalue weighted by atomic mass is 79.9. The second-order valence-electron chi connectivity index (χ2n) is 10.1. The molecule has 0 aliphatic carbocycles. The molecule has 3 aliphatic rings. The lowest BCUT2D eigenvalue weighted by molar-refractivity contribution is -0.175. The average Bonchev–Trinajstić information content (AvgIpc) is 3.33. The van der Waals surface area contributed by atoms with Gasteiger partial charge >= 0.3 is 12.1 Å². The number of cyclic esters (lactones) is 1. The molecule has 3 aliphatic heterocycles. The molecule has 0 unspecified atom stereocenters. The zero-order valence-electron chi connectivity index (χ0n) is 22.4. The van der Waals surface area contributed by atoms with Crippen molar-refractivity contribution in [2.24, 2.45) is 4.99 Å². The van der Waals surface area contributed by atoms with Crippen LogP contribution in [0.4, 0.5) is 16.2 Å². The first-order chi connectivity index (χ1) is 19.4. The van der Waals surface area contributed by atoms with Crippen molar-refractivity contribution < 1.29 is 23.8 Å². The quantitative estimate of drug-likeness (QED) is 0.150. The number of aromatic nitrogens is 2. The van der Waals surface area contributed by atoms with Crippen LogP contribution in [0, 0.1) is 0 Å². The zero-order chi connectivity index (χ0) is 28.0. The van der Waals surface area contributed by atoms with Crippen LogP contribution in [0.25, 0.3) is 22.3 Å². The maximum atomic E-state index is 13.9. The predicted octanol–water partition coefficient (Wildman–Crippen LogP) is 5.31. The summed E-state index contributed by atoms with van der Waals surface area (Å²) in [5.41, 5.74) is 3.29. The number of carbonyl (C=O) groups is 2. The molecule has 0 spiro atoms. The maximum absolute atomic E-state index is 13.9. The van der Waals surface area contributed by atoms with E-state index in [0.29, 0.717) is 28.8 Å². The minimum Gasteiger partial charge on any atom is -0.457 e. The van der Waals surface area contributed by atoms with Gasteiger partial charge in [-0.2, -0.15) is 0 Å². The monoisotopic (exact) mass is 608 g/mol. The van der Waals surface area contributed by atoms with Crippen molar-refractivity contribution in [1.29, 1.82) is 0 Å². The number of carbonyl (C=O) groups excluding carboxylic acids is 2. The molecule has 11 heteroatoms. The SMILES string of the molecule is CCCCCN1C=Nc2cccc3nc4c(c1c23)Cn1c-4cc2c(c1=O)COC(=O)[C@@]2(CC)OC(=O)OCCBr. The number of aliphatic imine (C=N–C) groups is 1. The number of fused-ring (bicyclic) bond motifs is 5. The van der Waals surface area contributed by atoms with Crippen molar-refractivity contribution >= 4 is 56.7 Å². The van der Waals surface area contributed by atoms with Gasteiger partial charge in [0.15, 0.2) is 0 Å². The van der Waals surface area contributed by atoms with E-state index < -0.39 is 17.7 Å². The number of nitrogens with zero attached hydrogens (tertiary/aromatic N) is 4. The molecule has 1 atom stereocenters. The van der Waals surface area contributed by atoms with E-state index in [-0.39, 0.29) is 30.8 Å². The Kier molecular flexibility index (Phi) is 6.85. The lowest BCUT2D eigenvalue weighted by Gasteiger charge is -2.35. The Morgan fingerprint density at radius 1 is 1.20 bits per heavy atom. The van der Waals surface area contributed by atoms with Gasteiger partial charge in [0.25, 0.3) is 5.56 Å². The summed E-state index contributed by atoms with van der Waals surface area (Å²) in [6.07, 6.45) is 4.13. The first-order valence-corrected chi connectivity index (χ1v) is 14.7. The number of hydrogen-bond acceptors (Lipinski definition) is 9. The van der Waals surface area contributed by atoms with Crippen LogP contribution in [0.2, 0.25) is 0 Å². The number of unbranched alkanes of at least 4 members (excludes halogenated alkanes) is 2. The molecule has 0 bridgehead atoms. The molecule has 0 N–H and O–H groups in total. The van der Waals surface area contributed by atoms with Crippen molar-refractivity contribution in [1.82, 2.24) is 9.55 Å². The Balaban J connectivity index is 1.53. The van der Waals surface area contributed by atoms with Gasteiger partial charge in [0.05, 0.1) is 52.1 Å². The van der Waals surface area contributed by atoms with E-state index in [4.69, 9.17) is 19.2 Å². The number of esters is 1. The van der Waals surface area contributed by atoms with Crippen LogP contribution < -0.4 is 10.5 Å². The molecule has 208 valence electrons. The Hall–Kier alpha value is -3.73. The first kappa shape index (κ1) is 26.5. The third kappa shape index (κ3) is 4.01. The van der Waals surface area contributed by atoms with E-state index in [9.17, 15) is 14.4 Å². The molecule has 0 amide bonds. The van der Waals surface area contributed by atoms with Crippen LogP contribution in [0.5, 0.6) is 0 Å². The molecule has 10 nitrogen and oxygen atoms in total. The van der Waals surface area contributed by atoms with Crippen molar-refractivity contribution in [2.45, 2.75) is 58.3 Å². The van der Waals surface area contributed by atoms with Crippen LogP contribution in [0.1, 0.15) is 56.2 Å². The third-order valence-electron chi connectivity index (χ3n) is 7.81. The lowest BCUT2D eigenvalue weighted by atomic mass is 9.85. The third-order valence-corrected chi connectivity index (χ3v) is 8.14. The van der Waals surface area contributed by atoms with Crippen molar-refractivity contribution in [3.05, 3.63) is 51.3 Å². The lowest BCUT2D eigenvalue weighted by Crippen LogP contribution is -2.47. The molecular weight excluding hydrogens is 580 g/mol. The Bertz CT molecular complexity index is 1630. The molecule has 0 saturated heterocycles. The molecule has 1 aromatic carbocycles. The highest BCUT2D eigenvalue weighted by Crippen LogP contribution is 2.47. The maximum Gasteiger partial charge on any atom is 0.509 e. The van der Waals surface area contributed by atoms with Gasteiger partial charge in [0.2, 0.25) is 5.60 Å². The van der Waals surface area contributed by atoms with Gasteiger partial charge in [-0.25, -0.2) is 19.6 Å². The second-order valence-corrected chi connectivity index (χ2v) is 10.9. The standard InChI is InChI=1S/C29H29BrN4O6/c1-3-5-6-11-33-16-31-20-8-7-9-21-23(20)25(33)17-14-34-22(24(17)32-21)13-19-18(26(34)35)15-39-27(36)29(19,4-2)40-28(37)38-12-10-30/h7-9,13,16H,3-6,10-12,14-15H2,1-2H3/t29-/m0/s1. The smallest absolute Gasteiger partial charge is 0.457 e. The summed E-state index contributed by atoms with van der Waals surface area (Å²) in [6, 6.07) is 7.60. The van der Waals surface area contributed by atoms with Crippen LogP contribution in [0.15, 0.2) is 34.1 Å². The largest absolute Gasteiger partial charge is 0.509 e. The summed E-state index contributed by atoms with van der Waals surface area (Å²) in [5, 5.41) is 1.38. The first-order valence-electron chi connectivity index (χ1n) is 13.6. The highest BCUT2D eigenvalue weighted by molar-refractivity contribution is 9.09. The summed E-state index contributed by atoms with van der Waals surface area (Å²) in [4.78, 5) is 51.5. The number of pyridine rings is 2. The van der Waals surface area contributed by atoms with Crippen LogP contribution in [0.3, 0.4) is 0 Å². The van der Waals surface area contributed by atoms with Gasteiger partial charge in [0.1, 0.15) is 13.2 Å². The highest BCUT2D eigenvalue weighted by Gasteiger charge is 2.51. The van der Waals surface area contributed by atoms with E-state index >= 15 is 0 Å². The fourth-order valence-electron chi connectivity index (χ4n) is 5.85. The molecule has 6 rings (SSSR count). The molecule has 5 heterocycles. The van der Waals surface area contributed by atoms with Crippen LogP contribution in [-0.4, -0.2) is 46.5 Å². The fourth-order valence-corrected chi connectivity index (χ4v) is 6.02. The number of rotatable bonds is 8. The Labute approximate surface area is 239 Å². The zero-order valence-corrected chi connectivity index (χ0v) is 24.0. The molecule has 0 radical (unpaired) electrons.